The fourth-order valence-corrected chi connectivity index (χ4v) is 3.11. The fourth-order valence-electron chi connectivity index (χ4n) is 2.38. The minimum Gasteiger partial charge on any atom is -0.360 e. The molecule has 0 unspecified atom stereocenters. The first-order valence-electron chi connectivity index (χ1n) is 8.13. The van der Waals surface area contributed by atoms with Crippen molar-refractivity contribution in [2.24, 2.45) is 0 Å². The number of pyridine rings is 1. The molecule has 3 aromatic heterocycles. The molecule has 3 aromatic rings. The van der Waals surface area contributed by atoms with Crippen molar-refractivity contribution in [3.05, 3.63) is 51.6 Å². The Kier molecular flexibility index (Phi) is 4.34. The Morgan fingerprint density at radius 1 is 1.31 bits per heavy atom. The van der Waals surface area contributed by atoms with E-state index in [9.17, 15) is 9.18 Å². The molecule has 4 rings (SSSR count). The van der Waals surface area contributed by atoms with Crippen LogP contribution in [0.15, 0.2) is 29.0 Å². The molecule has 0 bridgehead atoms. The van der Waals surface area contributed by atoms with Gasteiger partial charge in [-0.1, -0.05) is 5.16 Å². The van der Waals surface area contributed by atoms with Crippen LogP contribution >= 0.6 is 11.3 Å². The molecule has 6 nitrogen and oxygen atoms in total. The number of carbonyl (C=O) groups is 1. The maximum atomic E-state index is 13.1. The number of hydrogen-bond donors (Lipinski definition) is 1. The summed E-state index contributed by atoms with van der Waals surface area (Å²) in [4.78, 5) is 20.9. The molecular formula is C18H15FN4O2S. The monoisotopic (exact) mass is 370 g/mol. The largest absolute Gasteiger partial charge is 0.360 e. The summed E-state index contributed by atoms with van der Waals surface area (Å²) in [6.07, 6.45) is 8.41. The zero-order valence-corrected chi connectivity index (χ0v) is 14.7. The van der Waals surface area contributed by atoms with E-state index in [4.69, 9.17) is 4.52 Å². The van der Waals surface area contributed by atoms with Gasteiger partial charge in [-0.25, -0.2) is 9.37 Å². The van der Waals surface area contributed by atoms with Crippen molar-refractivity contribution < 1.29 is 13.7 Å². The van der Waals surface area contributed by atoms with Gasteiger partial charge in [0.2, 0.25) is 0 Å². The smallest absolute Gasteiger partial charge is 0.263 e. The molecule has 8 heteroatoms. The summed E-state index contributed by atoms with van der Waals surface area (Å²) < 4.78 is 18.3. The van der Waals surface area contributed by atoms with Crippen molar-refractivity contribution in [3.63, 3.8) is 0 Å². The first-order valence-corrected chi connectivity index (χ1v) is 8.95. The third-order valence-electron chi connectivity index (χ3n) is 3.93. The van der Waals surface area contributed by atoms with Crippen LogP contribution in [0, 0.1) is 12.7 Å². The third-order valence-corrected chi connectivity index (χ3v) is 4.89. The molecule has 0 atom stereocenters. The standard InChI is InChI=1S/C18H15FN4O2S/c1-10-13(17(23-25-10)14-6-2-11(19)8-20-14)5-7-16-21-9-15(26-16)18(24)22-12-3-4-12/h2,5-9,12H,3-4H2,1H3,(H,22,24)/b7-5+. The number of carbonyl (C=O) groups excluding carboxylic acids is 1. The van der Waals surface area contributed by atoms with Crippen molar-refractivity contribution in [1.82, 2.24) is 20.4 Å². The average Bonchev–Trinajstić information content (AvgIpc) is 3.18. The average molecular weight is 370 g/mol. The predicted molar refractivity (Wildman–Crippen MR) is 96.0 cm³/mol. The Balaban J connectivity index is 1.55. The molecule has 3 heterocycles. The van der Waals surface area contributed by atoms with E-state index in [2.05, 4.69) is 20.4 Å². The zero-order valence-electron chi connectivity index (χ0n) is 13.9. The number of hydrogen-bond acceptors (Lipinski definition) is 6. The third kappa shape index (κ3) is 3.55. The molecule has 1 aliphatic rings. The molecule has 0 aliphatic heterocycles. The summed E-state index contributed by atoms with van der Waals surface area (Å²) in [5.74, 6) is 0.124. The van der Waals surface area contributed by atoms with Gasteiger partial charge in [0.1, 0.15) is 27.2 Å². The lowest BCUT2D eigenvalue weighted by Crippen LogP contribution is -2.24. The lowest BCUT2D eigenvalue weighted by molar-refractivity contribution is 0.0955. The van der Waals surface area contributed by atoms with E-state index in [1.54, 1.807) is 25.3 Å². The first-order chi connectivity index (χ1) is 12.6. The van der Waals surface area contributed by atoms with Crippen molar-refractivity contribution >= 4 is 29.4 Å². The Hall–Kier alpha value is -2.87. The second kappa shape index (κ2) is 6.80. The lowest BCUT2D eigenvalue weighted by Gasteiger charge is -1.98. The number of aryl methyl sites for hydroxylation is 1. The van der Waals surface area contributed by atoms with Gasteiger partial charge in [0.25, 0.3) is 5.91 Å². The van der Waals surface area contributed by atoms with E-state index in [-0.39, 0.29) is 5.91 Å². The Bertz CT molecular complexity index is 973. The van der Waals surface area contributed by atoms with Gasteiger partial charge in [-0.15, -0.1) is 11.3 Å². The Morgan fingerprint density at radius 3 is 2.88 bits per heavy atom. The van der Waals surface area contributed by atoms with E-state index in [0.717, 1.165) is 24.6 Å². The molecule has 0 spiro atoms. The normalized spacial score (nSPS) is 14.1. The molecule has 1 saturated carbocycles. The van der Waals surface area contributed by atoms with Gasteiger partial charge in [0.05, 0.1) is 18.1 Å². The van der Waals surface area contributed by atoms with Gasteiger partial charge in [-0.2, -0.15) is 0 Å². The number of amides is 1. The summed E-state index contributed by atoms with van der Waals surface area (Å²) in [5, 5.41) is 7.65. The minimum atomic E-state index is -0.411. The molecule has 1 fully saturated rings. The van der Waals surface area contributed by atoms with E-state index in [0.29, 0.717) is 33.1 Å². The summed E-state index contributed by atoms with van der Waals surface area (Å²) in [7, 11) is 0. The lowest BCUT2D eigenvalue weighted by atomic mass is 10.1. The van der Waals surface area contributed by atoms with Crippen LogP contribution < -0.4 is 5.32 Å². The number of thiazole rings is 1. The number of halogens is 1. The summed E-state index contributed by atoms with van der Waals surface area (Å²) in [5.41, 5.74) is 1.79. The quantitative estimate of drug-likeness (QED) is 0.741. The molecular weight excluding hydrogens is 355 g/mol. The highest BCUT2D eigenvalue weighted by atomic mass is 32.1. The summed E-state index contributed by atoms with van der Waals surface area (Å²) in [6.45, 7) is 1.79. The van der Waals surface area contributed by atoms with Crippen LogP contribution in [0.1, 0.15) is 38.8 Å². The van der Waals surface area contributed by atoms with Gasteiger partial charge in [-0.05, 0) is 44.1 Å². The maximum Gasteiger partial charge on any atom is 0.263 e. The molecule has 26 heavy (non-hydrogen) atoms. The van der Waals surface area contributed by atoms with Crippen molar-refractivity contribution in [1.29, 1.82) is 0 Å². The molecule has 0 radical (unpaired) electrons. The molecule has 1 N–H and O–H groups in total. The minimum absolute atomic E-state index is 0.0815. The van der Waals surface area contributed by atoms with Crippen molar-refractivity contribution in [2.75, 3.05) is 0 Å². The summed E-state index contributed by atoms with van der Waals surface area (Å²) in [6, 6.07) is 3.19. The fraction of sp³-hybridized carbons (Fsp3) is 0.222. The van der Waals surface area contributed by atoms with Gasteiger partial charge < -0.3 is 9.84 Å². The molecule has 0 aromatic carbocycles. The SMILES string of the molecule is Cc1onc(-c2ccc(F)cn2)c1/C=C/c1ncc(C(=O)NC2CC2)s1. The van der Waals surface area contributed by atoms with Crippen LogP contribution in [0.4, 0.5) is 4.39 Å². The molecule has 1 aliphatic carbocycles. The number of rotatable bonds is 5. The van der Waals surface area contributed by atoms with Crippen molar-refractivity contribution in [2.45, 2.75) is 25.8 Å². The van der Waals surface area contributed by atoms with Crippen LogP contribution in [0.3, 0.4) is 0 Å². The number of nitrogens with one attached hydrogen (secondary N) is 1. The highest BCUT2D eigenvalue weighted by Crippen LogP contribution is 2.26. The van der Waals surface area contributed by atoms with Gasteiger partial charge in [0, 0.05) is 11.6 Å². The van der Waals surface area contributed by atoms with Gasteiger partial charge >= 0.3 is 0 Å². The van der Waals surface area contributed by atoms with E-state index in [1.165, 1.54) is 17.4 Å². The zero-order chi connectivity index (χ0) is 18.1. The Morgan fingerprint density at radius 2 is 2.15 bits per heavy atom. The molecule has 1 amide bonds. The number of nitrogens with zero attached hydrogens (tertiary/aromatic N) is 3. The van der Waals surface area contributed by atoms with E-state index >= 15 is 0 Å². The van der Waals surface area contributed by atoms with Crippen LogP contribution in [-0.2, 0) is 0 Å². The second-order valence-corrected chi connectivity index (χ2v) is 7.07. The van der Waals surface area contributed by atoms with Gasteiger partial charge in [0.15, 0.2) is 0 Å². The Labute approximate surface area is 152 Å². The van der Waals surface area contributed by atoms with Crippen LogP contribution in [0.2, 0.25) is 0 Å². The second-order valence-electron chi connectivity index (χ2n) is 6.01. The highest BCUT2D eigenvalue weighted by molar-refractivity contribution is 7.14. The van der Waals surface area contributed by atoms with Crippen LogP contribution in [0.5, 0.6) is 0 Å². The predicted octanol–water partition coefficient (Wildman–Crippen LogP) is 3.70. The highest BCUT2D eigenvalue weighted by Gasteiger charge is 2.24. The van der Waals surface area contributed by atoms with Gasteiger partial charge in [-0.3, -0.25) is 9.78 Å². The molecule has 0 saturated heterocycles. The first kappa shape index (κ1) is 16.6. The van der Waals surface area contributed by atoms with E-state index < -0.39 is 5.82 Å². The topological polar surface area (TPSA) is 80.9 Å². The van der Waals surface area contributed by atoms with Crippen molar-refractivity contribution in [3.8, 4) is 11.4 Å². The van der Waals surface area contributed by atoms with Crippen LogP contribution in [-0.4, -0.2) is 27.1 Å². The summed E-state index contributed by atoms with van der Waals surface area (Å²) >= 11 is 1.32. The maximum absolute atomic E-state index is 13.1. The van der Waals surface area contributed by atoms with E-state index in [1.807, 2.05) is 6.08 Å². The van der Waals surface area contributed by atoms with Crippen LogP contribution in [0.25, 0.3) is 23.5 Å². The number of aromatic nitrogens is 3. The molecule has 132 valence electrons.